The van der Waals surface area contributed by atoms with Crippen LogP contribution in [0.4, 0.5) is 11.4 Å². The van der Waals surface area contributed by atoms with Gasteiger partial charge in [0.2, 0.25) is 0 Å². The molecule has 1 N–H and O–H groups in total. The van der Waals surface area contributed by atoms with Crippen LogP contribution in [0.2, 0.25) is 0 Å². The number of carbonyl (C=O) groups excluding carboxylic acids is 2. The van der Waals surface area contributed by atoms with E-state index < -0.39 is 5.91 Å². The Bertz CT molecular complexity index is 765. The van der Waals surface area contributed by atoms with Crippen LogP contribution >= 0.6 is 0 Å². The second kappa shape index (κ2) is 5.96. The van der Waals surface area contributed by atoms with Crippen molar-refractivity contribution in [1.82, 2.24) is 5.43 Å². The molecule has 1 aliphatic heterocycles. The lowest BCUT2D eigenvalue weighted by atomic mass is 10.1. The molecule has 0 aliphatic carbocycles. The summed E-state index contributed by atoms with van der Waals surface area (Å²) in [5.74, 6) is -0.742. The van der Waals surface area contributed by atoms with Gasteiger partial charge in [0.05, 0.1) is 5.69 Å². The van der Waals surface area contributed by atoms with E-state index in [4.69, 9.17) is 0 Å². The third-order valence-corrected chi connectivity index (χ3v) is 3.63. The zero-order valence-electron chi connectivity index (χ0n) is 13.0. The number of rotatable bonds is 3. The van der Waals surface area contributed by atoms with E-state index in [1.165, 1.54) is 5.01 Å². The lowest BCUT2D eigenvalue weighted by Crippen LogP contribution is -2.35. The van der Waals surface area contributed by atoms with E-state index in [9.17, 15) is 9.59 Å². The van der Waals surface area contributed by atoms with Gasteiger partial charge in [-0.2, -0.15) is 0 Å². The van der Waals surface area contributed by atoms with E-state index in [0.29, 0.717) is 5.69 Å². The first-order chi connectivity index (χ1) is 11.1. The minimum absolute atomic E-state index is 0.131. The molecule has 23 heavy (non-hydrogen) atoms. The van der Waals surface area contributed by atoms with Crippen molar-refractivity contribution in [2.75, 3.05) is 24.0 Å². The Kier molecular flexibility index (Phi) is 3.85. The lowest BCUT2D eigenvalue weighted by molar-refractivity contribution is -0.117. The van der Waals surface area contributed by atoms with Crippen molar-refractivity contribution < 1.29 is 9.59 Å². The number of hydrogen-bond acceptors (Lipinski definition) is 3. The fourth-order valence-electron chi connectivity index (χ4n) is 2.35. The first-order valence-corrected chi connectivity index (χ1v) is 7.26. The molecule has 3 rings (SSSR count). The highest BCUT2D eigenvalue weighted by molar-refractivity contribution is 6.31. The second-order valence-electron chi connectivity index (χ2n) is 5.46. The maximum absolute atomic E-state index is 12.5. The molecule has 1 heterocycles. The van der Waals surface area contributed by atoms with Crippen molar-refractivity contribution in [1.29, 1.82) is 0 Å². The number of benzene rings is 2. The molecule has 0 saturated carbocycles. The van der Waals surface area contributed by atoms with Crippen LogP contribution in [-0.4, -0.2) is 25.9 Å². The summed E-state index contributed by atoms with van der Waals surface area (Å²) in [6.07, 6.45) is 1.61. The summed E-state index contributed by atoms with van der Waals surface area (Å²) in [6.45, 7) is 0. The SMILES string of the molecule is CN(C)c1ccc(C=C2C(=O)NN(c3ccccc3)C2=O)cc1. The van der Waals surface area contributed by atoms with E-state index >= 15 is 0 Å². The van der Waals surface area contributed by atoms with Gasteiger partial charge >= 0.3 is 0 Å². The molecule has 116 valence electrons. The van der Waals surface area contributed by atoms with Crippen LogP contribution in [0.3, 0.4) is 0 Å². The van der Waals surface area contributed by atoms with E-state index in [2.05, 4.69) is 5.43 Å². The zero-order valence-corrected chi connectivity index (χ0v) is 13.0. The molecule has 2 aromatic rings. The lowest BCUT2D eigenvalue weighted by Gasteiger charge is -2.14. The molecule has 1 saturated heterocycles. The molecule has 1 aliphatic rings. The Balaban J connectivity index is 1.88. The van der Waals surface area contributed by atoms with Gasteiger partial charge in [0.25, 0.3) is 11.8 Å². The van der Waals surface area contributed by atoms with Gasteiger partial charge < -0.3 is 4.90 Å². The minimum atomic E-state index is -0.393. The van der Waals surface area contributed by atoms with Gasteiger partial charge in [-0.1, -0.05) is 30.3 Å². The van der Waals surface area contributed by atoms with E-state index in [1.54, 1.807) is 18.2 Å². The molecule has 5 nitrogen and oxygen atoms in total. The minimum Gasteiger partial charge on any atom is -0.378 e. The van der Waals surface area contributed by atoms with E-state index in [-0.39, 0.29) is 11.5 Å². The highest BCUT2D eigenvalue weighted by atomic mass is 16.2. The molecule has 1 fully saturated rings. The average Bonchev–Trinajstić information content (AvgIpc) is 2.84. The number of amides is 2. The molecular formula is C18H17N3O2. The molecule has 2 amide bonds. The standard InChI is InChI=1S/C18H17N3O2/c1-20(2)14-10-8-13(9-11-14)12-16-17(22)19-21(18(16)23)15-6-4-3-5-7-15/h3-12H,1-2H3,(H,19,22). The Morgan fingerprint density at radius 2 is 1.61 bits per heavy atom. The molecule has 0 unspecified atom stereocenters. The van der Waals surface area contributed by atoms with Crippen molar-refractivity contribution >= 4 is 29.3 Å². The van der Waals surface area contributed by atoms with Crippen molar-refractivity contribution in [3.8, 4) is 0 Å². The van der Waals surface area contributed by atoms with Gasteiger partial charge in [-0.25, -0.2) is 5.01 Å². The summed E-state index contributed by atoms with van der Waals surface area (Å²) < 4.78 is 0. The summed E-state index contributed by atoms with van der Waals surface area (Å²) in [4.78, 5) is 26.5. The largest absolute Gasteiger partial charge is 0.378 e. The third kappa shape index (κ3) is 2.94. The molecule has 0 aromatic heterocycles. The van der Waals surface area contributed by atoms with Crippen LogP contribution in [-0.2, 0) is 9.59 Å². The normalized spacial score (nSPS) is 15.9. The number of nitrogens with one attached hydrogen (secondary N) is 1. The predicted octanol–water partition coefficient (Wildman–Crippen LogP) is 2.21. The number of para-hydroxylation sites is 1. The van der Waals surface area contributed by atoms with Gasteiger partial charge in [0, 0.05) is 19.8 Å². The van der Waals surface area contributed by atoms with Crippen LogP contribution in [0.25, 0.3) is 6.08 Å². The molecule has 0 atom stereocenters. The second-order valence-corrected chi connectivity index (χ2v) is 5.46. The average molecular weight is 307 g/mol. The molecule has 5 heteroatoms. The zero-order chi connectivity index (χ0) is 16.4. The van der Waals surface area contributed by atoms with Crippen molar-refractivity contribution in [2.24, 2.45) is 0 Å². The number of anilines is 2. The maximum atomic E-state index is 12.5. The van der Waals surface area contributed by atoms with Crippen molar-refractivity contribution in [3.05, 3.63) is 65.7 Å². The summed E-state index contributed by atoms with van der Waals surface area (Å²) >= 11 is 0. The maximum Gasteiger partial charge on any atom is 0.282 e. The highest BCUT2D eigenvalue weighted by Crippen LogP contribution is 2.21. The van der Waals surface area contributed by atoms with Gasteiger partial charge in [-0.15, -0.1) is 0 Å². The van der Waals surface area contributed by atoms with Crippen LogP contribution < -0.4 is 15.3 Å². The van der Waals surface area contributed by atoms with E-state index in [1.807, 2.05) is 61.5 Å². The van der Waals surface area contributed by atoms with Crippen LogP contribution in [0.1, 0.15) is 5.56 Å². The summed E-state index contributed by atoms with van der Waals surface area (Å²) in [5.41, 5.74) is 5.22. The summed E-state index contributed by atoms with van der Waals surface area (Å²) in [7, 11) is 3.91. The van der Waals surface area contributed by atoms with Gasteiger partial charge in [0.15, 0.2) is 0 Å². The molecule has 0 radical (unpaired) electrons. The first kappa shape index (κ1) is 14.8. The van der Waals surface area contributed by atoms with Gasteiger partial charge in [0.1, 0.15) is 5.57 Å². The number of hydrazine groups is 1. The topological polar surface area (TPSA) is 52.7 Å². The van der Waals surface area contributed by atoms with Crippen molar-refractivity contribution in [2.45, 2.75) is 0 Å². The Labute approximate surface area is 134 Å². The first-order valence-electron chi connectivity index (χ1n) is 7.26. The fourth-order valence-corrected chi connectivity index (χ4v) is 2.35. The molecule has 2 aromatic carbocycles. The quantitative estimate of drug-likeness (QED) is 0.699. The monoisotopic (exact) mass is 307 g/mol. The number of hydrogen-bond donors (Lipinski definition) is 1. The van der Waals surface area contributed by atoms with Crippen LogP contribution in [0.15, 0.2) is 60.2 Å². The predicted molar refractivity (Wildman–Crippen MR) is 90.8 cm³/mol. The van der Waals surface area contributed by atoms with E-state index in [0.717, 1.165) is 11.3 Å². The highest BCUT2D eigenvalue weighted by Gasteiger charge is 2.34. The van der Waals surface area contributed by atoms with Crippen LogP contribution in [0, 0.1) is 0 Å². The third-order valence-electron chi connectivity index (χ3n) is 3.63. The fraction of sp³-hybridized carbons (Fsp3) is 0.111. The molecular weight excluding hydrogens is 290 g/mol. The Hall–Kier alpha value is -3.08. The van der Waals surface area contributed by atoms with Crippen molar-refractivity contribution in [3.63, 3.8) is 0 Å². The Morgan fingerprint density at radius 1 is 0.957 bits per heavy atom. The summed E-state index contributed by atoms with van der Waals surface area (Å²) in [6, 6.07) is 16.7. The smallest absolute Gasteiger partial charge is 0.282 e. The number of carbonyl (C=O) groups is 2. The van der Waals surface area contributed by atoms with Gasteiger partial charge in [-0.05, 0) is 35.9 Å². The van der Waals surface area contributed by atoms with Crippen LogP contribution in [0.5, 0.6) is 0 Å². The summed E-state index contributed by atoms with van der Waals surface area (Å²) in [5, 5.41) is 1.27. The molecule has 0 bridgehead atoms. The van der Waals surface area contributed by atoms with Gasteiger partial charge in [-0.3, -0.25) is 15.0 Å². The number of nitrogens with zero attached hydrogens (tertiary/aromatic N) is 2. The Morgan fingerprint density at radius 3 is 2.22 bits per heavy atom. The molecule has 0 spiro atoms.